The van der Waals surface area contributed by atoms with Gasteiger partial charge in [0.2, 0.25) is 0 Å². The second-order valence-electron chi connectivity index (χ2n) is 4.64. The maximum absolute atomic E-state index is 3.33. The van der Waals surface area contributed by atoms with E-state index in [0.717, 1.165) is 6.54 Å². The third-order valence-corrected chi connectivity index (χ3v) is 4.25. The molecule has 1 N–H and O–H groups in total. The Morgan fingerprint density at radius 1 is 1.35 bits per heavy atom. The first-order valence-corrected chi connectivity index (χ1v) is 7.49. The van der Waals surface area contributed by atoms with E-state index < -0.39 is 0 Å². The first kappa shape index (κ1) is 12.9. The van der Waals surface area contributed by atoms with Crippen LogP contribution >= 0.6 is 11.8 Å². The van der Waals surface area contributed by atoms with Crippen LogP contribution in [0.2, 0.25) is 0 Å². The van der Waals surface area contributed by atoms with Crippen molar-refractivity contribution in [2.24, 2.45) is 0 Å². The van der Waals surface area contributed by atoms with Crippen LogP contribution in [0.4, 0.5) is 0 Å². The molecule has 0 amide bonds. The number of hydrogen-bond donors (Lipinski definition) is 1. The molecule has 94 valence electrons. The number of nitrogens with one attached hydrogen (secondary N) is 1. The molecule has 0 radical (unpaired) electrons. The lowest BCUT2D eigenvalue weighted by Crippen LogP contribution is -2.40. The molecule has 1 aliphatic heterocycles. The van der Waals surface area contributed by atoms with E-state index in [-0.39, 0.29) is 0 Å². The lowest BCUT2D eigenvalue weighted by Gasteiger charge is -2.34. The highest BCUT2D eigenvalue weighted by molar-refractivity contribution is 7.99. The quantitative estimate of drug-likeness (QED) is 0.883. The molecule has 17 heavy (non-hydrogen) atoms. The second-order valence-corrected chi connectivity index (χ2v) is 5.86. The van der Waals surface area contributed by atoms with E-state index in [0.29, 0.717) is 6.04 Å². The molecule has 0 bridgehead atoms. The molecule has 0 aliphatic carbocycles. The topological polar surface area (TPSA) is 15.3 Å². The van der Waals surface area contributed by atoms with Crippen LogP contribution in [0.25, 0.3) is 0 Å². The third kappa shape index (κ3) is 3.47. The average molecular weight is 250 g/mol. The van der Waals surface area contributed by atoms with Gasteiger partial charge in [0.1, 0.15) is 0 Å². The Morgan fingerprint density at radius 2 is 2.12 bits per heavy atom. The van der Waals surface area contributed by atoms with E-state index in [9.17, 15) is 0 Å². The molecule has 0 saturated carbocycles. The maximum atomic E-state index is 3.33. The van der Waals surface area contributed by atoms with Gasteiger partial charge in [-0.3, -0.25) is 4.90 Å². The molecule has 2 rings (SSSR count). The zero-order chi connectivity index (χ0) is 12.1. The molecule has 1 fully saturated rings. The van der Waals surface area contributed by atoms with E-state index in [4.69, 9.17) is 0 Å². The van der Waals surface area contributed by atoms with Crippen LogP contribution in [-0.2, 0) is 0 Å². The van der Waals surface area contributed by atoms with Gasteiger partial charge in [-0.25, -0.2) is 0 Å². The Bertz CT molecular complexity index is 348. The van der Waals surface area contributed by atoms with Gasteiger partial charge in [0.15, 0.2) is 0 Å². The van der Waals surface area contributed by atoms with Crippen molar-refractivity contribution in [3.8, 4) is 0 Å². The minimum atomic E-state index is 0.529. The minimum Gasteiger partial charge on any atom is -0.318 e. The molecule has 1 unspecified atom stereocenters. The van der Waals surface area contributed by atoms with Gasteiger partial charge >= 0.3 is 0 Å². The highest BCUT2D eigenvalue weighted by Gasteiger charge is 2.21. The Labute approximate surface area is 109 Å². The highest BCUT2D eigenvalue weighted by atomic mass is 32.2. The Hall–Kier alpha value is -0.510. The van der Waals surface area contributed by atoms with Crippen LogP contribution in [0.3, 0.4) is 0 Å². The summed E-state index contributed by atoms with van der Waals surface area (Å²) < 4.78 is 0. The number of nitrogens with zero attached hydrogens (tertiary/aromatic N) is 1. The first-order chi connectivity index (χ1) is 8.31. The van der Waals surface area contributed by atoms with E-state index in [1.807, 2.05) is 7.05 Å². The van der Waals surface area contributed by atoms with Gasteiger partial charge in [-0.2, -0.15) is 11.8 Å². The fourth-order valence-corrected chi connectivity index (χ4v) is 3.35. The molecule has 1 aromatic carbocycles. The monoisotopic (exact) mass is 250 g/mol. The van der Waals surface area contributed by atoms with Crippen molar-refractivity contribution >= 4 is 11.8 Å². The van der Waals surface area contributed by atoms with E-state index in [1.54, 1.807) is 0 Å². The van der Waals surface area contributed by atoms with Crippen molar-refractivity contribution in [2.45, 2.75) is 13.0 Å². The molecular formula is C14H22N2S. The molecule has 1 aliphatic rings. The first-order valence-electron chi connectivity index (χ1n) is 6.34. The summed E-state index contributed by atoms with van der Waals surface area (Å²) in [6.07, 6.45) is 0. The standard InChI is InChI=1S/C14H22N2S/c1-12-4-3-5-13(10-12)14(11-15-2)16-6-8-17-9-7-16/h3-5,10,14-15H,6-9,11H2,1-2H3. The Balaban J connectivity index is 2.15. The van der Waals surface area contributed by atoms with E-state index in [1.165, 1.54) is 35.7 Å². The summed E-state index contributed by atoms with van der Waals surface area (Å²) in [5, 5.41) is 3.33. The van der Waals surface area contributed by atoms with Crippen LogP contribution in [-0.4, -0.2) is 43.1 Å². The van der Waals surface area contributed by atoms with Crippen LogP contribution < -0.4 is 5.32 Å². The summed E-state index contributed by atoms with van der Waals surface area (Å²) in [6, 6.07) is 9.46. The zero-order valence-electron chi connectivity index (χ0n) is 10.8. The van der Waals surface area contributed by atoms with Gasteiger partial charge in [-0.05, 0) is 19.5 Å². The largest absolute Gasteiger partial charge is 0.318 e. The number of likely N-dealkylation sites (N-methyl/N-ethyl adjacent to an activating group) is 1. The molecule has 3 heteroatoms. The number of aryl methyl sites for hydroxylation is 1. The molecular weight excluding hydrogens is 228 g/mol. The van der Waals surface area contributed by atoms with Crippen LogP contribution in [0.15, 0.2) is 24.3 Å². The van der Waals surface area contributed by atoms with Crippen molar-refractivity contribution in [3.63, 3.8) is 0 Å². The highest BCUT2D eigenvalue weighted by Crippen LogP contribution is 2.24. The molecule has 1 saturated heterocycles. The summed E-state index contributed by atoms with van der Waals surface area (Å²) in [7, 11) is 2.04. The van der Waals surface area contributed by atoms with Gasteiger partial charge in [0.25, 0.3) is 0 Å². The van der Waals surface area contributed by atoms with E-state index >= 15 is 0 Å². The van der Waals surface area contributed by atoms with Crippen LogP contribution in [0.1, 0.15) is 17.2 Å². The predicted molar refractivity (Wildman–Crippen MR) is 76.7 cm³/mol. The fraction of sp³-hybridized carbons (Fsp3) is 0.571. The van der Waals surface area contributed by atoms with Crippen molar-refractivity contribution in [2.75, 3.05) is 38.2 Å². The summed E-state index contributed by atoms with van der Waals surface area (Å²) in [5.74, 6) is 2.54. The lowest BCUT2D eigenvalue weighted by atomic mass is 10.0. The third-order valence-electron chi connectivity index (χ3n) is 3.31. The van der Waals surface area contributed by atoms with Crippen molar-refractivity contribution in [1.29, 1.82) is 0 Å². The van der Waals surface area contributed by atoms with Gasteiger partial charge < -0.3 is 5.32 Å². The summed E-state index contributed by atoms with van der Waals surface area (Å²) in [4.78, 5) is 2.61. The van der Waals surface area contributed by atoms with Crippen LogP contribution in [0, 0.1) is 6.92 Å². The SMILES string of the molecule is CNCC(c1cccc(C)c1)N1CCSCC1. The Kier molecular flexibility index (Phi) is 4.89. The smallest absolute Gasteiger partial charge is 0.0473 e. The second kappa shape index (κ2) is 6.43. The Morgan fingerprint density at radius 3 is 2.76 bits per heavy atom. The minimum absolute atomic E-state index is 0.529. The molecule has 1 aromatic rings. The molecule has 1 heterocycles. The summed E-state index contributed by atoms with van der Waals surface area (Å²) in [5.41, 5.74) is 2.81. The number of benzene rings is 1. The van der Waals surface area contributed by atoms with Crippen molar-refractivity contribution in [3.05, 3.63) is 35.4 Å². The maximum Gasteiger partial charge on any atom is 0.0473 e. The van der Waals surface area contributed by atoms with Crippen LogP contribution in [0.5, 0.6) is 0 Å². The summed E-state index contributed by atoms with van der Waals surface area (Å²) >= 11 is 2.07. The molecule has 0 spiro atoms. The summed E-state index contributed by atoms with van der Waals surface area (Å²) in [6.45, 7) is 5.63. The normalized spacial score (nSPS) is 19.2. The lowest BCUT2D eigenvalue weighted by molar-refractivity contribution is 0.215. The fourth-order valence-electron chi connectivity index (χ4n) is 2.42. The molecule has 1 atom stereocenters. The van der Waals surface area contributed by atoms with Crippen molar-refractivity contribution in [1.82, 2.24) is 10.2 Å². The number of hydrogen-bond acceptors (Lipinski definition) is 3. The number of rotatable bonds is 4. The zero-order valence-corrected chi connectivity index (χ0v) is 11.6. The number of thioether (sulfide) groups is 1. The van der Waals surface area contributed by atoms with Crippen molar-refractivity contribution < 1.29 is 0 Å². The predicted octanol–water partition coefficient (Wildman–Crippen LogP) is 2.30. The molecule has 2 nitrogen and oxygen atoms in total. The van der Waals surface area contributed by atoms with E-state index in [2.05, 4.69) is 53.2 Å². The van der Waals surface area contributed by atoms with Gasteiger partial charge in [-0.1, -0.05) is 29.8 Å². The van der Waals surface area contributed by atoms with Gasteiger partial charge in [0, 0.05) is 37.2 Å². The van der Waals surface area contributed by atoms with Gasteiger partial charge in [0.05, 0.1) is 0 Å². The molecule has 0 aromatic heterocycles. The average Bonchev–Trinajstić information content (AvgIpc) is 2.37. The van der Waals surface area contributed by atoms with Gasteiger partial charge in [-0.15, -0.1) is 0 Å².